The number of rotatable bonds is 14. The lowest BCUT2D eigenvalue weighted by Crippen LogP contribution is -2.34. The van der Waals surface area contributed by atoms with Crippen molar-refractivity contribution in [2.45, 2.75) is 139 Å². The molecule has 0 nitrogen and oxygen atoms in total. The number of hydrogen-bond acceptors (Lipinski definition) is 3. The Morgan fingerprint density at radius 3 is 1.47 bits per heavy atom. The van der Waals surface area contributed by atoms with Crippen LogP contribution >= 0.6 is 33.3 Å². The van der Waals surface area contributed by atoms with Crippen molar-refractivity contribution in [1.29, 1.82) is 0 Å². The van der Waals surface area contributed by atoms with Crippen molar-refractivity contribution < 1.29 is 0 Å². The number of fused-ring (bicyclic) bond motifs is 2. The summed E-state index contributed by atoms with van der Waals surface area (Å²) in [7, 11) is 3.95. The number of hydrogen-bond donors (Lipinski definition) is 0. The molecule has 0 aliphatic heterocycles. The normalized spacial score (nSPS) is 18.5. The summed E-state index contributed by atoms with van der Waals surface area (Å²) in [5.41, 5.74) is 14.7. The predicted octanol–water partition coefficient (Wildman–Crippen LogP) is 14.4. The molecule has 0 unspecified atom stereocenters. The molecule has 1 saturated carbocycles. The van der Waals surface area contributed by atoms with Crippen molar-refractivity contribution >= 4 is 33.3 Å². The van der Waals surface area contributed by atoms with Crippen LogP contribution in [0.15, 0.2) is 91.9 Å². The van der Waals surface area contributed by atoms with Gasteiger partial charge in [0.15, 0.2) is 0 Å². The first-order valence-corrected chi connectivity index (χ1v) is 19.0. The van der Waals surface area contributed by atoms with Crippen LogP contribution in [0.1, 0.15) is 129 Å². The topological polar surface area (TPSA) is 0 Å². The first-order valence-electron chi connectivity index (χ1n) is 15.9. The Bertz CT molecular complexity index is 1260. The van der Waals surface area contributed by atoms with Gasteiger partial charge in [-0.3, -0.25) is 0 Å². The Balaban J connectivity index is 2.12. The largest absolute Gasteiger partial charge is 0.124 e. The van der Waals surface area contributed by atoms with Gasteiger partial charge in [-0.25, -0.2) is 0 Å². The summed E-state index contributed by atoms with van der Waals surface area (Å²) in [6.07, 6.45) is 5.45. The molecular formula is C40H62S3. The van der Waals surface area contributed by atoms with Crippen molar-refractivity contribution in [2.24, 2.45) is 16.7 Å². The van der Waals surface area contributed by atoms with Gasteiger partial charge in [-0.2, -0.15) is 0 Å². The first kappa shape index (κ1) is 38.2. The van der Waals surface area contributed by atoms with Crippen molar-refractivity contribution in [3.8, 4) is 0 Å². The molecule has 0 radical (unpaired) electrons. The highest BCUT2D eigenvalue weighted by molar-refractivity contribution is 8.78. The van der Waals surface area contributed by atoms with Crippen LogP contribution in [0.5, 0.6) is 0 Å². The van der Waals surface area contributed by atoms with Gasteiger partial charge >= 0.3 is 0 Å². The summed E-state index contributed by atoms with van der Waals surface area (Å²) in [6.45, 7) is 49.7. The molecule has 0 saturated heterocycles. The summed E-state index contributed by atoms with van der Waals surface area (Å²) in [5, 5.41) is 0.613. The molecule has 2 aliphatic carbocycles. The van der Waals surface area contributed by atoms with Crippen molar-refractivity contribution in [3.05, 3.63) is 91.9 Å². The summed E-state index contributed by atoms with van der Waals surface area (Å²) < 4.78 is 0.0581. The van der Waals surface area contributed by atoms with Crippen LogP contribution in [0.4, 0.5) is 0 Å². The van der Waals surface area contributed by atoms with E-state index in [-0.39, 0.29) is 15.6 Å². The molecular weight excluding hydrogens is 577 g/mol. The van der Waals surface area contributed by atoms with E-state index >= 15 is 0 Å². The molecule has 2 aliphatic rings. The predicted molar refractivity (Wildman–Crippen MR) is 205 cm³/mol. The van der Waals surface area contributed by atoms with E-state index in [4.69, 9.17) is 0 Å². The fourth-order valence-electron chi connectivity index (χ4n) is 6.66. The highest BCUT2D eigenvalue weighted by Crippen LogP contribution is 2.54. The van der Waals surface area contributed by atoms with Gasteiger partial charge in [0, 0.05) is 26.7 Å². The van der Waals surface area contributed by atoms with E-state index in [1.54, 1.807) is 22.3 Å². The van der Waals surface area contributed by atoms with Gasteiger partial charge in [0.25, 0.3) is 0 Å². The van der Waals surface area contributed by atoms with Crippen molar-refractivity contribution in [2.75, 3.05) is 0 Å². The maximum atomic E-state index is 4.56. The Labute approximate surface area is 279 Å². The molecule has 0 heterocycles. The van der Waals surface area contributed by atoms with E-state index in [9.17, 15) is 0 Å². The van der Waals surface area contributed by atoms with Crippen LogP contribution in [-0.4, -0.2) is 10.00 Å². The summed E-state index contributed by atoms with van der Waals surface area (Å²) in [4.78, 5) is 2.52. The van der Waals surface area contributed by atoms with Crippen LogP contribution < -0.4 is 0 Å². The van der Waals surface area contributed by atoms with E-state index in [0.29, 0.717) is 11.2 Å². The lowest BCUT2D eigenvalue weighted by molar-refractivity contribution is 0.509. The second kappa shape index (κ2) is 14.6. The summed E-state index contributed by atoms with van der Waals surface area (Å²) in [5.74, 6) is 0.464. The minimum Gasteiger partial charge on any atom is -0.124 e. The van der Waals surface area contributed by atoms with Crippen LogP contribution in [-0.2, 0) is 0 Å². The molecule has 2 rings (SSSR count). The molecule has 2 bridgehead atoms. The molecule has 0 atom stereocenters. The second-order valence-electron chi connectivity index (χ2n) is 15.2. The Morgan fingerprint density at radius 1 is 0.674 bits per heavy atom. The smallest absolute Gasteiger partial charge is 0.0250 e. The van der Waals surface area contributed by atoms with Gasteiger partial charge < -0.3 is 0 Å². The van der Waals surface area contributed by atoms with E-state index in [2.05, 4.69) is 123 Å². The standard InChI is InChI=1S/C40H62S3/c1-24(2)38(13,14)32(11)26(5)19-28(7)41-40(17,18)37-30(9)34-21-35(31(37)10)23-36(22-34)43-42-29(8)20-27(6)33(12)39(15,16)25(3)4/h36-37H,1,3,7-8,19-23H2,2,4-6,9-18H3/b32-26-,33-27+. The third-order valence-corrected chi connectivity index (χ3v) is 15.1. The molecule has 0 amide bonds. The minimum absolute atomic E-state index is 0.0165. The Kier molecular flexibility index (Phi) is 12.9. The molecule has 43 heavy (non-hydrogen) atoms. The molecule has 0 aromatic carbocycles. The quantitative estimate of drug-likeness (QED) is 0.137. The van der Waals surface area contributed by atoms with Gasteiger partial charge in [0.05, 0.1) is 0 Å². The highest BCUT2D eigenvalue weighted by atomic mass is 33.1. The molecule has 3 heteroatoms. The molecule has 1 fully saturated rings. The van der Waals surface area contributed by atoms with Gasteiger partial charge in [0.1, 0.15) is 0 Å². The van der Waals surface area contributed by atoms with E-state index in [1.807, 2.05) is 33.3 Å². The van der Waals surface area contributed by atoms with Crippen LogP contribution in [0.3, 0.4) is 0 Å². The van der Waals surface area contributed by atoms with Gasteiger partial charge in [-0.15, -0.1) is 11.8 Å². The van der Waals surface area contributed by atoms with Crippen molar-refractivity contribution in [1.82, 2.24) is 0 Å². The summed E-state index contributed by atoms with van der Waals surface area (Å²) >= 11 is 2.00. The molecule has 0 aromatic rings. The zero-order valence-corrected chi connectivity index (χ0v) is 32.7. The van der Waals surface area contributed by atoms with Crippen LogP contribution in [0.2, 0.25) is 0 Å². The molecule has 0 spiro atoms. The van der Waals surface area contributed by atoms with E-state index in [0.717, 1.165) is 12.8 Å². The zero-order chi connectivity index (χ0) is 33.2. The lowest BCUT2D eigenvalue weighted by Gasteiger charge is -2.44. The van der Waals surface area contributed by atoms with Crippen molar-refractivity contribution in [3.63, 3.8) is 0 Å². The number of thioether (sulfide) groups is 1. The van der Waals surface area contributed by atoms with E-state index in [1.165, 1.54) is 62.5 Å². The SMILES string of the molecule is C=C(C/C(C)=C(\C)C(C)(C)C(=C)C)SSC1CC2=C(C)C(C(C)(C)SC(=C)C/C(C)=C(/C)C(C)(C)C(=C)C)C(C)=C(C2)C1. The van der Waals surface area contributed by atoms with Gasteiger partial charge in [-0.05, 0) is 111 Å². The van der Waals surface area contributed by atoms with Gasteiger partial charge in [-0.1, -0.05) is 131 Å². The maximum Gasteiger partial charge on any atom is 0.0250 e. The molecule has 240 valence electrons. The monoisotopic (exact) mass is 638 g/mol. The van der Waals surface area contributed by atoms with Crippen LogP contribution in [0.25, 0.3) is 0 Å². The van der Waals surface area contributed by atoms with Gasteiger partial charge in [0.2, 0.25) is 0 Å². The summed E-state index contributed by atoms with van der Waals surface area (Å²) in [6, 6.07) is 0. The number of allylic oxidation sites excluding steroid dienone is 12. The first-order chi connectivity index (χ1) is 19.5. The Hall–Kier alpha value is -1.03. The second-order valence-corrected chi connectivity index (χ2v) is 19.7. The highest BCUT2D eigenvalue weighted by Gasteiger charge is 2.40. The van der Waals surface area contributed by atoms with E-state index < -0.39 is 0 Å². The fourth-order valence-corrected chi connectivity index (χ4v) is 10.7. The lowest BCUT2D eigenvalue weighted by atomic mass is 9.69. The average Bonchev–Trinajstić information content (AvgIpc) is 2.89. The fraction of sp³-hybridized carbons (Fsp3) is 0.600. The molecule has 0 N–H and O–H groups in total. The minimum atomic E-state index is 0.0165. The van der Waals surface area contributed by atoms with Crippen LogP contribution in [0, 0.1) is 16.7 Å². The zero-order valence-electron chi connectivity index (χ0n) is 30.2. The average molecular weight is 639 g/mol. The third kappa shape index (κ3) is 9.04. The Morgan fingerprint density at radius 2 is 1.07 bits per heavy atom. The third-order valence-electron chi connectivity index (χ3n) is 11.0. The maximum absolute atomic E-state index is 4.56. The molecule has 0 aromatic heterocycles.